The molecule has 0 bridgehead atoms. The highest BCUT2D eigenvalue weighted by molar-refractivity contribution is 8.27. The molecule has 0 atom stereocenters. The van der Waals surface area contributed by atoms with E-state index in [1.54, 1.807) is 23.5 Å². The topological polar surface area (TPSA) is 20.3 Å². The SMILES string of the molecule is Cc1ccc(/C=C2/SC(=S)N(c3cccc(F)c3)C2=O)s1. The Bertz CT molecular complexity index is 766. The van der Waals surface area contributed by atoms with Crippen LogP contribution < -0.4 is 4.90 Å². The number of hydrogen-bond donors (Lipinski definition) is 0. The molecule has 1 aliphatic rings. The number of nitrogens with zero attached hydrogens (tertiary/aromatic N) is 1. The zero-order valence-electron chi connectivity index (χ0n) is 11.0. The normalized spacial score (nSPS) is 17.0. The molecule has 0 aliphatic carbocycles. The number of halogens is 1. The molecule has 1 aliphatic heterocycles. The van der Waals surface area contributed by atoms with Crippen LogP contribution in [0.4, 0.5) is 10.1 Å². The third-order valence-electron chi connectivity index (χ3n) is 2.89. The van der Waals surface area contributed by atoms with E-state index in [1.807, 2.05) is 25.1 Å². The van der Waals surface area contributed by atoms with E-state index in [-0.39, 0.29) is 11.7 Å². The highest BCUT2D eigenvalue weighted by atomic mass is 32.2. The van der Waals surface area contributed by atoms with Crippen molar-refractivity contribution in [3.8, 4) is 0 Å². The Morgan fingerprint density at radius 1 is 1.29 bits per heavy atom. The fourth-order valence-electron chi connectivity index (χ4n) is 1.97. The summed E-state index contributed by atoms with van der Waals surface area (Å²) in [6, 6.07) is 9.86. The van der Waals surface area contributed by atoms with Crippen LogP contribution >= 0.6 is 35.3 Å². The van der Waals surface area contributed by atoms with Gasteiger partial charge >= 0.3 is 0 Å². The number of thiocarbonyl (C=S) groups is 1. The average Bonchev–Trinajstić information content (AvgIpc) is 2.94. The lowest BCUT2D eigenvalue weighted by Gasteiger charge is -2.14. The first-order valence-corrected chi connectivity index (χ1v) is 8.19. The van der Waals surface area contributed by atoms with Crippen molar-refractivity contribution in [3.05, 3.63) is 56.9 Å². The van der Waals surface area contributed by atoms with Crippen LogP contribution in [-0.4, -0.2) is 10.2 Å². The Morgan fingerprint density at radius 3 is 2.76 bits per heavy atom. The minimum Gasteiger partial charge on any atom is -0.268 e. The first-order valence-electron chi connectivity index (χ1n) is 6.14. The fourth-order valence-corrected chi connectivity index (χ4v) is 4.15. The molecule has 0 spiro atoms. The molecular weight excluding hydrogens is 325 g/mol. The molecule has 2 nitrogen and oxygen atoms in total. The molecule has 3 rings (SSSR count). The van der Waals surface area contributed by atoms with Gasteiger partial charge in [-0.15, -0.1) is 11.3 Å². The van der Waals surface area contributed by atoms with E-state index in [4.69, 9.17) is 12.2 Å². The highest BCUT2D eigenvalue weighted by Crippen LogP contribution is 2.36. The first kappa shape index (κ1) is 14.4. The van der Waals surface area contributed by atoms with Crippen LogP contribution in [0.3, 0.4) is 0 Å². The summed E-state index contributed by atoms with van der Waals surface area (Å²) >= 11 is 8.10. The van der Waals surface area contributed by atoms with E-state index >= 15 is 0 Å². The van der Waals surface area contributed by atoms with Crippen molar-refractivity contribution >= 4 is 57.3 Å². The van der Waals surface area contributed by atoms with Crippen molar-refractivity contribution < 1.29 is 9.18 Å². The summed E-state index contributed by atoms with van der Waals surface area (Å²) in [6.07, 6.45) is 1.83. The van der Waals surface area contributed by atoms with Gasteiger partial charge in [0.2, 0.25) is 0 Å². The number of rotatable bonds is 2. The summed E-state index contributed by atoms with van der Waals surface area (Å²) in [5.74, 6) is -0.596. The summed E-state index contributed by atoms with van der Waals surface area (Å²) in [7, 11) is 0. The van der Waals surface area contributed by atoms with Crippen LogP contribution in [0.2, 0.25) is 0 Å². The predicted molar refractivity (Wildman–Crippen MR) is 91.1 cm³/mol. The Balaban J connectivity index is 1.94. The van der Waals surface area contributed by atoms with Gasteiger partial charge < -0.3 is 0 Å². The molecule has 1 aromatic heterocycles. The number of amides is 1. The summed E-state index contributed by atoms with van der Waals surface area (Å²) in [5.41, 5.74) is 0.461. The van der Waals surface area contributed by atoms with Crippen LogP contribution in [0.5, 0.6) is 0 Å². The largest absolute Gasteiger partial charge is 0.270 e. The molecule has 2 aromatic rings. The lowest BCUT2D eigenvalue weighted by atomic mass is 10.3. The maximum absolute atomic E-state index is 13.3. The van der Waals surface area contributed by atoms with Gasteiger partial charge in [0.1, 0.15) is 5.82 Å². The van der Waals surface area contributed by atoms with Crippen LogP contribution in [-0.2, 0) is 4.79 Å². The number of aryl methyl sites for hydroxylation is 1. The van der Waals surface area contributed by atoms with Crippen molar-refractivity contribution in [2.45, 2.75) is 6.92 Å². The second kappa shape index (κ2) is 5.71. The van der Waals surface area contributed by atoms with Crippen LogP contribution in [0, 0.1) is 12.7 Å². The van der Waals surface area contributed by atoms with E-state index in [0.717, 1.165) is 4.88 Å². The molecule has 1 aromatic carbocycles. The molecule has 2 heterocycles. The summed E-state index contributed by atoms with van der Waals surface area (Å²) in [4.78, 5) is 16.6. The zero-order chi connectivity index (χ0) is 15.0. The Hall–Kier alpha value is -1.50. The lowest BCUT2D eigenvalue weighted by molar-refractivity contribution is -0.113. The van der Waals surface area contributed by atoms with Gasteiger partial charge in [-0.2, -0.15) is 0 Å². The van der Waals surface area contributed by atoms with Gasteiger partial charge in [0.15, 0.2) is 4.32 Å². The second-order valence-electron chi connectivity index (χ2n) is 4.45. The van der Waals surface area contributed by atoms with E-state index < -0.39 is 0 Å². The number of carbonyl (C=O) groups is 1. The number of carbonyl (C=O) groups excluding carboxylic acids is 1. The number of hydrogen-bond acceptors (Lipinski definition) is 4. The Kier molecular flexibility index (Phi) is 3.93. The molecule has 21 heavy (non-hydrogen) atoms. The number of thioether (sulfide) groups is 1. The monoisotopic (exact) mass is 335 g/mol. The summed E-state index contributed by atoms with van der Waals surface area (Å²) in [6.45, 7) is 2.01. The van der Waals surface area contributed by atoms with Crippen LogP contribution in [0.1, 0.15) is 9.75 Å². The van der Waals surface area contributed by atoms with Gasteiger partial charge in [0, 0.05) is 9.75 Å². The molecule has 1 amide bonds. The van der Waals surface area contributed by atoms with Crippen molar-refractivity contribution in [3.63, 3.8) is 0 Å². The molecule has 1 saturated heterocycles. The van der Waals surface area contributed by atoms with Crippen LogP contribution in [0.15, 0.2) is 41.3 Å². The number of benzene rings is 1. The van der Waals surface area contributed by atoms with E-state index in [1.165, 1.54) is 33.7 Å². The smallest absolute Gasteiger partial charge is 0.268 e. The maximum Gasteiger partial charge on any atom is 0.270 e. The lowest BCUT2D eigenvalue weighted by Crippen LogP contribution is -2.27. The Labute approximate surface area is 135 Å². The molecule has 0 N–H and O–H groups in total. The van der Waals surface area contributed by atoms with Crippen molar-refractivity contribution in [2.24, 2.45) is 0 Å². The molecule has 1 fully saturated rings. The average molecular weight is 335 g/mol. The highest BCUT2D eigenvalue weighted by Gasteiger charge is 2.33. The molecular formula is C15H10FNOS3. The quantitative estimate of drug-likeness (QED) is 0.591. The van der Waals surface area contributed by atoms with E-state index in [9.17, 15) is 9.18 Å². The minimum atomic E-state index is -0.389. The van der Waals surface area contributed by atoms with Gasteiger partial charge in [-0.3, -0.25) is 9.69 Å². The van der Waals surface area contributed by atoms with Gasteiger partial charge in [0.05, 0.1) is 10.6 Å². The standard InChI is InChI=1S/C15H10FNOS3/c1-9-5-6-12(20-9)8-13-14(18)17(15(19)21-13)11-4-2-3-10(16)7-11/h2-8H,1H3/b13-8+. The Morgan fingerprint density at radius 2 is 2.10 bits per heavy atom. The maximum atomic E-state index is 13.3. The van der Waals surface area contributed by atoms with Crippen molar-refractivity contribution in [1.29, 1.82) is 0 Å². The summed E-state index contributed by atoms with van der Waals surface area (Å²) < 4.78 is 13.7. The van der Waals surface area contributed by atoms with Gasteiger partial charge in [-0.25, -0.2) is 4.39 Å². The van der Waals surface area contributed by atoms with Crippen LogP contribution in [0.25, 0.3) is 6.08 Å². The molecule has 0 saturated carbocycles. The van der Waals surface area contributed by atoms with E-state index in [0.29, 0.717) is 14.9 Å². The van der Waals surface area contributed by atoms with Crippen molar-refractivity contribution in [2.75, 3.05) is 4.90 Å². The molecule has 0 radical (unpaired) electrons. The molecule has 106 valence electrons. The molecule has 6 heteroatoms. The van der Waals surface area contributed by atoms with E-state index in [2.05, 4.69) is 0 Å². The predicted octanol–water partition coefficient (Wildman–Crippen LogP) is 4.60. The third kappa shape index (κ3) is 2.92. The van der Waals surface area contributed by atoms with Gasteiger partial charge in [-0.1, -0.05) is 30.0 Å². The summed E-state index contributed by atoms with van der Waals surface area (Å²) in [5, 5.41) is 0. The zero-order valence-corrected chi connectivity index (χ0v) is 13.4. The van der Waals surface area contributed by atoms with Gasteiger partial charge in [0.25, 0.3) is 5.91 Å². The first-order chi connectivity index (χ1) is 10.0. The second-order valence-corrected chi connectivity index (χ2v) is 7.44. The fraction of sp³-hybridized carbons (Fsp3) is 0.0667. The van der Waals surface area contributed by atoms with Crippen molar-refractivity contribution in [1.82, 2.24) is 0 Å². The number of thiophene rings is 1. The number of anilines is 1. The van der Waals surface area contributed by atoms with Gasteiger partial charge in [-0.05, 0) is 43.3 Å². The third-order valence-corrected chi connectivity index (χ3v) is 5.14. The minimum absolute atomic E-state index is 0.207. The molecule has 0 unspecified atom stereocenters.